The highest BCUT2D eigenvalue weighted by molar-refractivity contribution is 6.35. The Bertz CT molecular complexity index is 1300. The average molecular weight is 514 g/mol. The molecule has 2 aromatic carbocycles. The molecule has 0 unspecified atom stereocenters. The van der Waals surface area contributed by atoms with E-state index in [4.69, 9.17) is 28.3 Å². The molecule has 10 heteroatoms. The fourth-order valence-electron chi connectivity index (χ4n) is 4.92. The lowest BCUT2D eigenvalue weighted by atomic mass is 10.0. The van der Waals surface area contributed by atoms with Crippen LogP contribution in [0.3, 0.4) is 0 Å². The van der Waals surface area contributed by atoms with Crippen molar-refractivity contribution in [1.82, 2.24) is 20.2 Å². The molecule has 0 saturated carbocycles. The number of rotatable bonds is 4. The highest BCUT2D eigenvalue weighted by atomic mass is 35.5. The number of hydrogen-bond acceptors (Lipinski definition) is 5. The number of carbonyl (C=O) groups is 1. The van der Waals surface area contributed by atoms with E-state index in [1.54, 1.807) is 35.0 Å². The number of nitrogens with zero attached hydrogens (tertiary/aromatic N) is 4. The van der Waals surface area contributed by atoms with Gasteiger partial charge in [0.2, 0.25) is 0 Å². The molecule has 8 nitrogen and oxygen atoms in total. The molecule has 3 aromatic rings. The van der Waals surface area contributed by atoms with Crippen molar-refractivity contribution < 1.29 is 9.72 Å². The second kappa shape index (κ2) is 9.97. The van der Waals surface area contributed by atoms with Crippen molar-refractivity contribution in [2.24, 2.45) is 0 Å². The summed E-state index contributed by atoms with van der Waals surface area (Å²) < 4.78 is 1.64. The van der Waals surface area contributed by atoms with Crippen molar-refractivity contribution in [3.05, 3.63) is 73.4 Å². The maximum Gasteiger partial charge on any atom is 0.286 e. The largest absolute Gasteiger partial charge is 0.286 e. The van der Waals surface area contributed by atoms with E-state index in [2.05, 4.69) is 5.43 Å². The first-order valence-electron chi connectivity index (χ1n) is 11.8. The molecule has 0 bridgehead atoms. The van der Waals surface area contributed by atoms with Crippen molar-refractivity contribution in [3.8, 4) is 16.9 Å². The van der Waals surface area contributed by atoms with E-state index in [9.17, 15) is 14.9 Å². The molecule has 1 N–H and O–H groups in total. The summed E-state index contributed by atoms with van der Waals surface area (Å²) >= 11 is 12.7. The third-order valence-corrected chi connectivity index (χ3v) is 7.17. The van der Waals surface area contributed by atoms with Gasteiger partial charge < -0.3 is 0 Å². The van der Waals surface area contributed by atoms with Gasteiger partial charge in [-0.15, -0.1) is 0 Å². The first-order valence-corrected chi connectivity index (χ1v) is 12.6. The van der Waals surface area contributed by atoms with Crippen LogP contribution in [0, 0.1) is 10.1 Å². The Morgan fingerprint density at radius 2 is 1.77 bits per heavy atom. The maximum absolute atomic E-state index is 13.5. The first kappa shape index (κ1) is 23.8. The van der Waals surface area contributed by atoms with E-state index in [0.717, 1.165) is 62.7 Å². The quantitative estimate of drug-likeness (QED) is 0.353. The van der Waals surface area contributed by atoms with Gasteiger partial charge in [-0.3, -0.25) is 20.3 Å². The van der Waals surface area contributed by atoms with E-state index in [-0.39, 0.29) is 11.6 Å². The smallest absolute Gasteiger partial charge is 0.283 e. The van der Waals surface area contributed by atoms with Crippen molar-refractivity contribution in [1.29, 1.82) is 0 Å². The number of aromatic nitrogens is 2. The van der Waals surface area contributed by atoms with Crippen LogP contribution >= 0.6 is 23.2 Å². The first-order chi connectivity index (χ1) is 16.9. The highest BCUT2D eigenvalue weighted by Crippen LogP contribution is 2.39. The zero-order valence-corrected chi connectivity index (χ0v) is 20.6. The third kappa shape index (κ3) is 4.78. The number of benzene rings is 2. The summed E-state index contributed by atoms with van der Waals surface area (Å²) in [6, 6.07) is 9.95. The molecule has 0 spiro atoms. The van der Waals surface area contributed by atoms with E-state index < -0.39 is 4.92 Å². The number of fused-ring (bicyclic) bond motifs is 3. The molecule has 2 aliphatic rings. The summed E-state index contributed by atoms with van der Waals surface area (Å²) in [6.07, 6.45) is 6.52. The standard InChI is InChI=1S/C25H25Cl2N5O3/c26-17-9-11-22(21(27)14-17)31-24-19(7-5-6-16-8-10-18(32(34)35)15-20(16)24)23(28-31)25(33)29-30-12-3-1-2-4-13-30/h8-11,14-15H,1-7,12-13H2,(H,29,33). The van der Waals surface area contributed by atoms with Gasteiger partial charge in [-0.2, -0.15) is 5.10 Å². The van der Waals surface area contributed by atoms with Gasteiger partial charge in [0.15, 0.2) is 5.69 Å². The molecule has 182 valence electrons. The van der Waals surface area contributed by atoms with Gasteiger partial charge in [0, 0.05) is 41.4 Å². The summed E-state index contributed by atoms with van der Waals surface area (Å²) in [5.41, 5.74) is 6.99. The summed E-state index contributed by atoms with van der Waals surface area (Å²) in [6.45, 7) is 1.60. The second-order valence-electron chi connectivity index (χ2n) is 8.98. The fraction of sp³-hybridized carbons (Fsp3) is 0.360. The van der Waals surface area contributed by atoms with Crippen LogP contribution in [0.15, 0.2) is 36.4 Å². The Kier molecular flexibility index (Phi) is 6.77. The Labute approximate surface area is 212 Å². The Morgan fingerprint density at radius 3 is 2.49 bits per heavy atom. The molecule has 1 saturated heterocycles. The molecular weight excluding hydrogens is 489 g/mol. The molecule has 1 fully saturated rings. The second-order valence-corrected chi connectivity index (χ2v) is 9.82. The topological polar surface area (TPSA) is 93.3 Å². The molecule has 0 atom stereocenters. The molecule has 1 aliphatic carbocycles. The minimum Gasteiger partial charge on any atom is -0.283 e. The molecule has 1 aliphatic heterocycles. The zero-order chi connectivity index (χ0) is 24.5. The number of amides is 1. The SMILES string of the molecule is O=C(NN1CCCCCC1)c1nn(-c2ccc(Cl)cc2Cl)c2c1CCCc1ccc([N+](=O)[O-])cc1-2. The van der Waals surface area contributed by atoms with Gasteiger partial charge >= 0.3 is 0 Å². The molecule has 1 aromatic heterocycles. The van der Waals surface area contributed by atoms with Gasteiger partial charge in [-0.1, -0.05) is 42.1 Å². The normalized spacial score (nSPS) is 16.1. The van der Waals surface area contributed by atoms with Crippen LogP contribution in [-0.4, -0.2) is 38.7 Å². The number of hydrazine groups is 1. The van der Waals surface area contributed by atoms with Crippen molar-refractivity contribution in [2.45, 2.75) is 44.9 Å². The number of aryl methyl sites for hydroxylation is 1. The Morgan fingerprint density at radius 1 is 1.00 bits per heavy atom. The molecule has 0 radical (unpaired) electrons. The number of carbonyl (C=O) groups excluding carboxylic acids is 1. The van der Waals surface area contributed by atoms with Crippen LogP contribution in [-0.2, 0) is 12.8 Å². The zero-order valence-electron chi connectivity index (χ0n) is 19.1. The van der Waals surface area contributed by atoms with Gasteiger partial charge in [0.1, 0.15) is 0 Å². The number of nitrogens with one attached hydrogen (secondary N) is 1. The fourth-order valence-corrected chi connectivity index (χ4v) is 5.41. The van der Waals surface area contributed by atoms with Crippen LogP contribution in [0.4, 0.5) is 5.69 Å². The summed E-state index contributed by atoms with van der Waals surface area (Å²) in [4.78, 5) is 24.7. The average Bonchev–Trinajstić information content (AvgIpc) is 2.96. The van der Waals surface area contributed by atoms with E-state index >= 15 is 0 Å². The van der Waals surface area contributed by atoms with Gasteiger partial charge in [-0.25, -0.2) is 9.69 Å². The number of halogens is 2. The number of hydrogen-bond donors (Lipinski definition) is 1. The monoisotopic (exact) mass is 513 g/mol. The van der Waals surface area contributed by atoms with Gasteiger partial charge in [0.05, 0.1) is 21.3 Å². The number of non-ortho nitro benzene ring substituents is 1. The van der Waals surface area contributed by atoms with E-state index in [0.29, 0.717) is 39.1 Å². The van der Waals surface area contributed by atoms with Crippen LogP contribution in [0.1, 0.15) is 53.7 Å². The number of nitro benzene ring substituents is 1. The van der Waals surface area contributed by atoms with E-state index in [1.807, 2.05) is 5.01 Å². The summed E-state index contributed by atoms with van der Waals surface area (Å²) in [5, 5.41) is 19.1. The molecule has 2 heterocycles. The lowest BCUT2D eigenvalue weighted by Gasteiger charge is -2.20. The van der Waals surface area contributed by atoms with Crippen molar-refractivity contribution in [3.63, 3.8) is 0 Å². The van der Waals surface area contributed by atoms with Gasteiger partial charge in [-0.05, 0) is 55.9 Å². The predicted octanol–water partition coefficient (Wildman–Crippen LogP) is 5.76. The van der Waals surface area contributed by atoms with Crippen LogP contribution in [0.2, 0.25) is 10.0 Å². The highest BCUT2D eigenvalue weighted by Gasteiger charge is 2.30. The van der Waals surface area contributed by atoms with Crippen LogP contribution in [0.5, 0.6) is 0 Å². The summed E-state index contributed by atoms with van der Waals surface area (Å²) in [5.74, 6) is -0.277. The van der Waals surface area contributed by atoms with Gasteiger partial charge in [0.25, 0.3) is 11.6 Å². The van der Waals surface area contributed by atoms with Crippen LogP contribution in [0.25, 0.3) is 16.9 Å². The number of nitro groups is 1. The molecule has 35 heavy (non-hydrogen) atoms. The molecule has 1 amide bonds. The predicted molar refractivity (Wildman–Crippen MR) is 135 cm³/mol. The van der Waals surface area contributed by atoms with E-state index in [1.165, 1.54) is 6.07 Å². The minimum absolute atomic E-state index is 0.0119. The van der Waals surface area contributed by atoms with Crippen molar-refractivity contribution in [2.75, 3.05) is 13.1 Å². The lowest BCUT2D eigenvalue weighted by molar-refractivity contribution is -0.384. The van der Waals surface area contributed by atoms with Crippen molar-refractivity contribution >= 4 is 34.8 Å². The molecular formula is C25H25Cl2N5O3. The Balaban J connectivity index is 1.67. The minimum atomic E-state index is -0.409. The molecule has 5 rings (SSSR count). The lowest BCUT2D eigenvalue weighted by Crippen LogP contribution is -2.43. The third-order valence-electron chi connectivity index (χ3n) is 6.63. The summed E-state index contributed by atoms with van der Waals surface area (Å²) in [7, 11) is 0. The van der Waals surface area contributed by atoms with Crippen LogP contribution < -0.4 is 5.43 Å². The Hall–Kier alpha value is -2.94. The maximum atomic E-state index is 13.5.